The number of hydrogen-bond donors (Lipinski definition) is 1. The minimum atomic E-state index is 0.113. The van der Waals surface area contributed by atoms with Crippen LogP contribution in [-0.4, -0.2) is 48.6 Å². The number of hydrogen-bond acceptors (Lipinski definition) is 2. The van der Waals surface area contributed by atoms with Crippen molar-refractivity contribution in [1.29, 1.82) is 0 Å². The molecule has 0 radical (unpaired) electrons. The van der Waals surface area contributed by atoms with Crippen LogP contribution in [0.2, 0.25) is 0 Å². The van der Waals surface area contributed by atoms with Crippen LogP contribution in [0.4, 0.5) is 4.79 Å². The van der Waals surface area contributed by atoms with Crippen molar-refractivity contribution >= 4 is 6.03 Å². The first-order chi connectivity index (χ1) is 6.70. The van der Waals surface area contributed by atoms with Gasteiger partial charge in [0, 0.05) is 18.8 Å². The van der Waals surface area contributed by atoms with Gasteiger partial charge >= 0.3 is 6.03 Å². The van der Waals surface area contributed by atoms with E-state index in [1.165, 1.54) is 0 Å². The molecule has 0 atom stereocenters. The molecular formula is C10H17N3O. The summed E-state index contributed by atoms with van der Waals surface area (Å²) >= 11 is 0. The molecule has 2 fully saturated rings. The Hall–Kier alpha value is -1.03. The molecule has 0 aliphatic carbocycles. The van der Waals surface area contributed by atoms with E-state index in [0.717, 1.165) is 31.6 Å². The van der Waals surface area contributed by atoms with Gasteiger partial charge in [-0.05, 0) is 25.9 Å². The fraction of sp³-hybridized carbons (Fsp3) is 0.700. The van der Waals surface area contributed by atoms with Gasteiger partial charge in [0.15, 0.2) is 0 Å². The van der Waals surface area contributed by atoms with Gasteiger partial charge in [-0.15, -0.1) is 0 Å². The van der Waals surface area contributed by atoms with Crippen molar-refractivity contribution in [3.8, 4) is 0 Å². The van der Waals surface area contributed by atoms with Crippen LogP contribution in [0.1, 0.15) is 12.8 Å². The van der Waals surface area contributed by atoms with E-state index in [1.807, 2.05) is 4.90 Å². The molecule has 1 N–H and O–H groups in total. The minimum absolute atomic E-state index is 0.113. The Balaban J connectivity index is 2.04. The third kappa shape index (κ3) is 1.50. The molecular weight excluding hydrogens is 178 g/mol. The van der Waals surface area contributed by atoms with Crippen molar-refractivity contribution in [3.63, 3.8) is 0 Å². The minimum Gasteiger partial charge on any atom is -0.317 e. The zero-order valence-corrected chi connectivity index (χ0v) is 8.62. The second-order valence-corrected chi connectivity index (χ2v) is 4.02. The van der Waals surface area contributed by atoms with Crippen LogP contribution in [0, 0.1) is 0 Å². The van der Waals surface area contributed by atoms with Crippen LogP contribution < -0.4 is 5.32 Å². The summed E-state index contributed by atoms with van der Waals surface area (Å²) in [7, 11) is 1.80. The third-order valence-corrected chi connectivity index (χ3v) is 3.11. The maximum atomic E-state index is 11.8. The van der Waals surface area contributed by atoms with Crippen molar-refractivity contribution < 1.29 is 4.79 Å². The zero-order chi connectivity index (χ0) is 10.1. The van der Waals surface area contributed by atoms with Gasteiger partial charge < -0.3 is 10.2 Å². The number of nitrogens with one attached hydrogen (secondary N) is 1. The number of likely N-dealkylation sites (N-methyl/N-ethyl adjacent to an activating group) is 1. The Morgan fingerprint density at radius 3 is 2.57 bits per heavy atom. The van der Waals surface area contributed by atoms with E-state index in [1.54, 1.807) is 11.9 Å². The normalized spacial score (nSPS) is 24.9. The van der Waals surface area contributed by atoms with Crippen molar-refractivity contribution in [2.45, 2.75) is 18.9 Å². The van der Waals surface area contributed by atoms with E-state index in [-0.39, 0.29) is 6.03 Å². The Kier molecular flexibility index (Phi) is 2.46. The highest BCUT2D eigenvalue weighted by Gasteiger charge is 2.34. The molecule has 4 nitrogen and oxygen atoms in total. The highest BCUT2D eigenvalue weighted by molar-refractivity contribution is 5.79. The summed E-state index contributed by atoms with van der Waals surface area (Å²) in [5.74, 6) is 0. The number of rotatable bonds is 1. The lowest BCUT2D eigenvalue weighted by atomic mass is 10.1. The smallest absolute Gasteiger partial charge is 0.317 e. The highest BCUT2D eigenvalue weighted by Crippen LogP contribution is 2.22. The number of amides is 2. The maximum Gasteiger partial charge on any atom is 0.324 e. The molecule has 0 saturated carbocycles. The molecule has 2 aliphatic heterocycles. The predicted molar refractivity (Wildman–Crippen MR) is 54.9 cm³/mol. The van der Waals surface area contributed by atoms with Crippen LogP contribution in [-0.2, 0) is 0 Å². The summed E-state index contributed by atoms with van der Waals surface area (Å²) in [6.45, 7) is 6.62. The summed E-state index contributed by atoms with van der Waals surface area (Å²) < 4.78 is 0. The molecule has 0 bridgehead atoms. The quantitative estimate of drug-likeness (QED) is 0.665. The lowest BCUT2D eigenvalue weighted by molar-refractivity contribution is 0.170. The van der Waals surface area contributed by atoms with Crippen molar-refractivity contribution in [1.82, 2.24) is 15.1 Å². The van der Waals surface area contributed by atoms with E-state index in [0.29, 0.717) is 12.6 Å². The Labute approximate surface area is 84.6 Å². The molecule has 2 aliphatic rings. The molecule has 4 heteroatoms. The van der Waals surface area contributed by atoms with Gasteiger partial charge in [-0.3, -0.25) is 4.90 Å². The molecule has 2 saturated heterocycles. The molecule has 0 aromatic carbocycles. The van der Waals surface area contributed by atoms with Gasteiger partial charge in [0.1, 0.15) is 0 Å². The van der Waals surface area contributed by atoms with Gasteiger partial charge in [0.25, 0.3) is 0 Å². The largest absolute Gasteiger partial charge is 0.324 e. The van der Waals surface area contributed by atoms with E-state index >= 15 is 0 Å². The van der Waals surface area contributed by atoms with Crippen LogP contribution in [0.5, 0.6) is 0 Å². The predicted octanol–water partition coefficient (Wildman–Crippen LogP) is 0.619. The fourth-order valence-corrected chi connectivity index (χ4v) is 2.10. The molecule has 0 aromatic rings. The third-order valence-electron chi connectivity index (χ3n) is 3.11. The molecule has 2 heterocycles. The molecule has 0 spiro atoms. The first-order valence-corrected chi connectivity index (χ1v) is 5.13. The molecule has 0 unspecified atom stereocenters. The average molecular weight is 195 g/mol. The van der Waals surface area contributed by atoms with E-state index in [9.17, 15) is 4.79 Å². The summed E-state index contributed by atoms with van der Waals surface area (Å²) in [4.78, 5) is 15.4. The Morgan fingerprint density at radius 1 is 1.43 bits per heavy atom. The number of carbonyl (C=O) groups is 1. The number of urea groups is 1. The monoisotopic (exact) mass is 195 g/mol. The topological polar surface area (TPSA) is 35.6 Å². The van der Waals surface area contributed by atoms with Crippen molar-refractivity contribution in [2.75, 3.05) is 26.7 Å². The summed E-state index contributed by atoms with van der Waals surface area (Å²) in [6, 6.07) is 0.521. The highest BCUT2D eigenvalue weighted by atomic mass is 16.2. The summed E-state index contributed by atoms with van der Waals surface area (Å²) in [6.07, 6.45) is 2.12. The molecule has 14 heavy (non-hydrogen) atoms. The average Bonchev–Trinajstić information content (AvgIpc) is 2.47. The molecule has 2 amide bonds. The first kappa shape index (κ1) is 9.52. The zero-order valence-electron chi connectivity index (χ0n) is 8.62. The number of carbonyl (C=O) groups excluding carboxylic acids is 1. The molecule has 0 aromatic heterocycles. The SMILES string of the molecule is C=C1CN(C2CCNCC2)C(=O)N1C. The Bertz CT molecular complexity index is 258. The van der Waals surface area contributed by atoms with E-state index < -0.39 is 0 Å². The van der Waals surface area contributed by atoms with Crippen molar-refractivity contribution in [2.24, 2.45) is 0 Å². The van der Waals surface area contributed by atoms with E-state index in [2.05, 4.69) is 11.9 Å². The Morgan fingerprint density at radius 2 is 2.07 bits per heavy atom. The second kappa shape index (κ2) is 3.61. The summed E-state index contributed by atoms with van der Waals surface area (Å²) in [5, 5.41) is 3.30. The van der Waals surface area contributed by atoms with Crippen LogP contribution >= 0.6 is 0 Å². The number of piperidine rings is 1. The van der Waals surface area contributed by atoms with E-state index in [4.69, 9.17) is 0 Å². The van der Waals surface area contributed by atoms with Crippen molar-refractivity contribution in [3.05, 3.63) is 12.3 Å². The van der Waals surface area contributed by atoms with Gasteiger partial charge in [-0.25, -0.2) is 4.79 Å². The second-order valence-electron chi connectivity index (χ2n) is 4.02. The van der Waals surface area contributed by atoms with Gasteiger partial charge in [-0.2, -0.15) is 0 Å². The lowest BCUT2D eigenvalue weighted by Gasteiger charge is -2.30. The van der Waals surface area contributed by atoms with Crippen LogP contribution in [0.3, 0.4) is 0 Å². The fourth-order valence-electron chi connectivity index (χ4n) is 2.10. The van der Waals surface area contributed by atoms with Crippen LogP contribution in [0.25, 0.3) is 0 Å². The molecule has 78 valence electrons. The lowest BCUT2D eigenvalue weighted by Crippen LogP contribution is -2.44. The maximum absolute atomic E-state index is 11.8. The number of nitrogens with zero attached hydrogens (tertiary/aromatic N) is 2. The van der Waals surface area contributed by atoms with Gasteiger partial charge in [0.2, 0.25) is 0 Å². The molecule has 2 rings (SSSR count). The van der Waals surface area contributed by atoms with Crippen LogP contribution in [0.15, 0.2) is 12.3 Å². The standard InChI is InChI=1S/C10H17N3O/c1-8-7-13(10(14)12(8)2)9-3-5-11-6-4-9/h9,11H,1,3-7H2,2H3. The van der Waals surface area contributed by atoms with Gasteiger partial charge in [-0.1, -0.05) is 6.58 Å². The summed E-state index contributed by atoms with van der Waals surface area (Å²) in [5.41, 5.74) is 0.911. The first-order valence-electron chi connectivity index (χ1n) is 5.13. The van der Waals surface area contributed by atoms with Gasteiger partial charge in [0.05, 0.1) is 6.54 Å².